The van der Waals surface area contributed by atoms with Crippen LogP contribution in [0.3, 0.4) is 0 Å². The second-order valence-electron chi connectivity index (χ2n) is 16.1. The lowest BCUT2D eigenvalue weighted by Gasteiger charge is -2.57. The first-order valence-corrected chi connectivity index (χ1v) is 19.5. The predicted molar refractivity (Wildman–Crippen MR) is 220 cm³/mol. The highest BCUT2D eigenvalue weighted by Gasteiger charge is 2.51. The van der Waals surface area contributed by atoms with Gasteiger partial charge in [0.05, 0.1) is 17.6 Å². The number of hydrogen-bond acceptors (Lipinski definition) is 4. The monoisotopic (exact) mass is 710 g/mol. The summed E-state index contributed by atoms with van der Waals surface area (Å²) in [5.41, 5.74) is 10.9. The number of aromatic nitrogens is 5. The van der Waals surface area contributed by atoms with Gasteiger partial charge in [0.15, 0.2) is 17.3 Å². The molecule has 6 nitrogen and oxygen atoms in total. The van der Waals surface area contributed by atoms with Crippen LogP contribution in [-0.2, 0) is 5.41 Å². The largest absolute Gasteiger partial charge is 0.278 e. The molecule has 0 amide bonds. The van der Waals surface area contributed by atoms with Gasteiger partial charge < -0.3 is 0 Å². The molecule has 264 valence electrons. The summed E-state index contributed by atoms with van der Waals surface area (Å²) in [7, 11) is 0. The Morgan fingerprint density at radius 1 is 0.545 bits per heavy atom. The molecule has 12 rings (SSSR count). The van der Waals surface area contributed by atoms with Crippen molar-refractivity contribution in [2.24, 2.45) is 17.8 Å². The van der Waals surface area contributed by atoms with Gasteiger partial charge in [0.25, 0.3) is 0 Å². The van der Waals surface area contributed by atoms with Crippen molar-refractivity contribution in [3.63, 3.8) is 0 Å². The molecule has 0 N–H and O–H groups in total. The maximum absolute atomic E-state index is 7.36. The lowest BCUT2D eigenvalue weighted by Crippen LogP contribution is -2.48. The Morgan fingerprint density at radius 3 is 1.84 bits per heavy atom. The van der Waals surface area contributed by atoms with Crippen LogP contribution in [0.25, 0.3) is 77.6 Å². The summed E-state index contributed by atoms with van der Waals surface area (Å²) in [6.45, 7) is 7.36. The lowest BCUT2D eigenvalue weighted by atomic mass is 9.48. The molecular formula is C49H38N6. The summed E-state index contributed by atoms with van der Waals surface area (Å²) in [6.07, 6.45) is 12.3. The third-order valence-corrected chi connectivity index (χ3v) is 12.8. The van der Waals surface area contributed by atoms with E-state index in [4.69, 9.17) is 21.5 Å². The molecule has 4 aliphatic rings. The van der Waals surface area contributed by atoms with E-state index < -0.39 is 0 Å². The van der Waals surface area contributed by atoms with E-state index in [0.717, 1.165) is 61.8 Å². The number of pyridine rings is 1. The van der Waals surface area contributed by atoms with Crippen LogP contribution in [0.15, 0.2) is 140 Å². The highest BCUT2D eigenvalue weighted by atomic mass is 15.2. The van der Waals surface area contributed by atoms with Gasteiger partial charge in [-0.25, -0.2) is 9.83 Å². The Bertz CT molecular complexity index is 2700. The molecule has 0 spiro atoms. The molecule has 6 heteroatoms. The maximum Gasteiger partial charge on any atom is 0.238 e. The zero-order chi connectivity index (χ0) is 36.5. The number of rotatable bonds is 6. The van der Waals surface area contributed by atoms with Crippen LogP contribution < -0.4 is 0 Å². The Hall–Kier alpha value is -6.45. The second kappa shape index (κ2) is 12.6. The molecule has 3 aromatic heterocycles. The van der Waals surface area contributed by atoms with Gasteiger partial charge in [0.1, 0.15) is 0 Å². The average molecular weight is 711 g/mol. The molecule has 0 unspecified atom stereocenters. The Balaban J connectivity index is 0.989. The minimum Gasteiger partial charge on any atom is -0.278 e. The molecule has 4 bridgehead atoms. The van der Waals surface area contributed by atoms with Crippen LogP contribution in [0.1, 0.15) is 44.1 Å². The summed E-state index contributed by atoms with van der Waals surface area (Å²) < 4.78 is 2.12. The third-order valence-electron chi connectivity index (χ3n) is 12.8. The minimum atomic E-state index is 0.403. The van der Waals surface area contributed by atoms with E-state index in [1.165, 1.54) is 49.7 Å². The Kier molecular flexibility index (Phi) is 7.32. The molecule has 0 atom stereocenters. The Morgan fingerprint density at radius 2 is 1.13 bits per heavy atom. The molecule has 8 aromatic rings. The summed E-state index contributed by atoms with van der Waals surface area (Å²) in [6, 6.07) is 44.5. The number of nitrogens with zero attached hydrogens (tertiary/aromatic N) is 6. The van der Waals surface area contributed by atoms with Crippen molar-refractivity contribution in [2.75, 3.05) is 0 Å². The molecule has 3 heterocycles. The molecule has 0 radical (unpaired) electrons. The van der Waals surface area contributed by atoms with Gasteiger partial charge in [0.2, 0.25) is 5.95 Å². The van der Waals surface area contributed by atoms with Gasteiger partial charge in [-0.2, -0.15) is 9.97 Å². The van der Waals surface area contributed by atoms with E-state index >= 15 is 0 Å². The topological polar surface area (TPSA) is 60.9 Å². The van der Waals surface area contributed by atoms with Crippen molar-refractivity contribution < 1.29 is 0 Å². The fraction of sp³-hybridized carbons (Fsp3) is 0.204. The first-order valence-electron chi connectivity index (χ1n) is 19.5. The Labute approximate surface area is 320 Å². The van der Waals surface area contributed by atoms with Crippen LogP contribution >= 0.6 is 0 Å². The fourth-order valence-corrected chi connectivity index (χ4v) is 10.6. The number of benzene rings is 5. The van der Waals surface area contributed by atoms with Crippen molar-refractivity contribution >= 4 is 27.5 Å². The highest BCUT2D eigenvalue weighted by Crippen LogP contribution is 2.60. The molecule has 5 aromatic carbocycles. The van der Waals surface area contributed by atoms with E-state index in [1.54, 1.807) is 5.56 Å². The van der Waals surface area contributed by atoms with Crippen molar-refractivity contribution in [1.82, 2.24) is 24.5 Å². The predicted octanol–water partition coefficient (Wildman–Crippen LogP) is 12.1. The molecule has 0 aliphatic heterocycles. The van der Waals surface area contributed by atoms with Crippen molar-refractivity contribution in [1.29, 1.82) is 0 Å². The first-order chi connectivity index (χ1) is 27.1. The first kappa shape index (κ1) is 32.0. The number of hydrogen-bond donors (Lipinski definition) is 0. The lowest BCUT2D eigenvalue weighted by molar-refractivity contribution is -0.00518. The number of para-hydroxylation sites is 1. The van der Waals surface area contributed by atoms with Crippen LogP contribution in [0.5, 0.6) is 0 Å². The van der Waals surface area contributed by atoms with E-state index in [2.05, 4.69) is 93.3 Å². The number of fused-ring (bicyclic) bond motifs is 3. The SMILES string of the molecule is [C-]#[N+]c1ccc(-c2cccc(-c3nc(-c4ccc(-c5ccc(C67CC8CC(CC(C8)C6)C7)cc5)cc4)nc(-n4c5ccccc5c5cnccc54)n3)c2)cc1. The van der Waals surface area contributed by atoms with Crippen LogP contribution in [0, 0.1) is 24.3 Å². The van der Waals surface area contributed by atoms with Gasteiger partial charge in [-0.1, -0.05) is 109 Å². The van der Waals surface area contributed by atoms with Crippen LogP contribution in [0.2, 0.25) is 0 Å². The van der Waals surface area contributed by atoms with Gasteiger partial charge in [0, 0.05) is 34.3 Å². The second-order valence-corrected chi connectivity index (χ2v) is 16.1. The summed E-state index contributed by atoms with van der Waals surface area (Å²) in [5, 5.41) is 2.14. The van der Waals surface area contributed by atoms with Crippen molar-refractivity contribution in [2.45, 2.75) is 43.9 Å². The van der Waals surface area contributed by atoms with Crippen LogP contribution in [0.4, 0.5) is 5.69 Å². The van der Waals surface area contributed by atoms with E-state index in [-0.39, 0.29) is 0 Å². The minimum absolute atomic E-state index is 0.403. The van der Waals surface area contributed by atoms with Gasteiger partial charge in [-0.15, -0.1) is 0 Å². The quantitative estimate of drug-likeness (QED) is 0.161. The zero-order valence-electron chi connectivity index (χ0n) is 30.4. The van der Waals surface area contributed by atoms with Gasteiger partial charge in [-0.05, 0) is 108 Å². The molecule has 4 saturated carbocycles. The summed E-state index contributed by atoms with van der Waals surface area (Å²) in [5.74, 6) is 4.56. The molecular weight excluding hydrogens is 673 g/mol. The standard InChI is InChI=1S/C49H38N6/c1-50-41-19-15-36(16-20-41)38-5-4-6-39(26-38)47-52-46(53-48(54-47)55-44-8-3-2-7-42(44)43-30-51-22-21-45(43)55)37-11-9-34(10-12-37)35-13-17-40(18-14-35)49-27-31-23-32(28-49)25-33(24-31)29-49/h2-22,26,30-33H,23-25,27-29H2. The highest BCUT2D eigenvalue weighted by molar-refractivity contribution is 6.08. The summed E-state index contributed by atoms with van der Waals surface area (Å²) in [4.78, 5) is 23.5. The van der Waals surface area contributed by atoms with Gasteiger partial charge >= 0.3 is 0 Å². The maximum atomic E-state index is 7.36. The molecule has 0 saturated heterocycles. The zero-order valence-corrected chi connectivity index (χ0v) is 30.4. The van der Waals surface area contributed by atoms with E-state index in [0.29, 0.717) is 28.7 Å². The van der Waals surface area contributed by atoms with Crippen molar-refractivity contribution in [3.8, 4) is 51.0 Å². The molecule has 4 aliphatic carbocycles. The average Bonchev–Trinajstić information content (AvgIpc) is 3.58. The van der Waals surface area contributed by atoms with E-state index in [1.807, 2.05) is 60.9 Å². The van der Waals surface area contributed by atoms with Crippen molar-refractivity contribution in [3.05, 3.63) is 157 Å². The summed E-state index contributed by atoms with van der Waals surface area (Å²) >= 11 is 0. The molecule has 55 heavy (non-hydrogen) atoms. The fourth-order valence-electron chi connectivity index (χ4n) is 10.6. The third kappa shape index (κ3) is 5.45. The molecule has 4 fully saturated rings. The van der Waals surface area contributed by atoms with E-state index in [9.17, 15) is 0 Å². The van der Waals surface area contributed by atoms with Crippen LogP contribution in [-0.4, -0.2) is 24.5 Å². The van der Waals surface area contributed by atoms with Gasteiger partial charge in [-0.3, -0.25) is 9.55 Å². The normalized spacial score (nSPS) is 21.3. The smallest absolute Gasteiger partial charge is 0.238 e.